The molecule has 0 atom stereocenters. The summed E-state index contributed by atoms with van der Waals surface area (Å²) in [5.74, 6) is 0.694. The number of carbonyl (C=O) groups is 1. The Kier molecular flexibility index (Phi) is 6.28. The van der Waals surface area contributed by atoms with Crippen molar-refractivity contribution in [1.82, 2.24) is 25.1 Å². The van der Waals surface area contributed by atoms with Crippen LogP contribution >= 0.6 is 22.7 Å². The minimum absolute atomic E-state index is 0.0325. The Bertz CT molecular complexity index is 1340. The van der Waals surface area contributed by atoms with Crippen LogP contribution in [0.1, 0.15) is 35.5 Å². The number of ether oxygens (including phenoxy) is 1. The lowest BCUT2D eigenvalue weighted by Crippen LogP contribution is -2.28. The van der Waals surface area contributed by atoms with Gasteiger partial charge in [-0.05, 0) is 43.9 Å². The van der Waals surface area contributed by atoms with E-state index in [0.717, 1.165) is 85.0 Å². The molecule has 0 saturated carbocycles. The zero-order valence-electron chi connectivity index (χ0n) is 19.1. The molecule has 2 N–H and O–H groups in total. The predicted octanol–water partition coefficient (Wildman–Crippen LogP) is 4.78. The molecule has 2 saturated heterocycles. The second kappa shape index (κ2) is 9.84. The Morgan fingerprint density at radius 1 is 1.09 bits per heavy atom. The largest absolute Gasteiger partial charge is 0.381 e. The topological polar surface area (TPSA) is 105 Å². The first-order chi connectivity index (χ1) is 17.2. The second-order valence-electron chi connectivity index (χ2n) is 8.72. The Balaban J connectivity index is 1.29. The third-order valence-electron chi connectivity index (χ3n) is 6.32. The highest BCUT2D eigenvalue weighted by Crippen LogP contribution is 2.34. The van der Waals surface area contributed by atoms with E-state index in [1.54, 1.807) is 17.5 Å². The molecule has 0 spiro atoms. The second-order valence-corrected chi connectivity index (χ2v) is 10.6. The molecule has 35 heavy (non-hydrogen) atoms. The fraction of sp³-hybridized carbons (Fsp3) is 0.375. The number of nitrogens with one attached hydrogen (secondary N) is 2. The fourth-order valence-electron chi connectivity index (χ4n) is 4.43. The minimum atomic E-state index is -0.0325. The number of amides is 1. The van der Waals surface area contributed by atoms with Gasteiger partial charge in [0.15, 0.2) is 5.01 Å². The van der Waals surface area contributed by atoms with Crippen LogP contribution in [0.5, 0.6) is 0 Å². The molecule has 11 heteroatoms. The highest BCUT2D eigenvalue weighted by atomic mass is 32.1. The first-order valence-corrected chi connectivity index (χ1v) is 13.5. The Hall–Kier alpha value is -3.15. The summed E-state index contributed by atoms with van der Waals surface area (Å²) in [6.45, 7) is 3.07. The number of aromatic nitrogens is 4. The first kappa shape index (κ1) is 22.3. The number of fused-ring (bicyclic) bond motifs is 1. The van der Waals surface area contributed by atoms with Crippen LogP contribution in [0.15, 0.2) is 36.0 Å². The lowest BCUT2D eigenvalue weighted by molar-refractivity contribution is 0.0791. The quantitative estimate of drug-likeness (QED) is 0.384. The van der Waals surface area contributed by atoms with Gasteiger partial charge in [0.25, 0.3) is 5.91 Å². The lowest BCUT2D eigenvalue weighted by Gasteiger charge is -2.25. The summed E-state index contributed by atoms with van der Waals surface area (Å²) >= 11 is 2.94. The molecule has 2 aliphatic rings. The van der Waals surface area contributed by atoms with E-state index in [1.165, 1.54) is 11.3 Å². The smallest absolute Gasteiger partial charge is 0.284 e. The molecule has 3 aromatic heterocycles. The highest BCUT2D eigenvalue weighted by molar-refractivity contribution is 7.17. The molecule has 2 fully saturated rings. The molecule has 4 aromatic rings. The third-order valence-corrected chi connectivity index (χ3v) is 8.06. The number of hydrogen-bond acceptors (Lipinski definition) is 10. The molecule has 0 unspecified atom stereocenters. The van der Waals surface area contributed by atoms with Crippen molar-refractivity contribution in [2.45, 2.75) is 31.7 Å². The van der Waals surface area contributed by atoms with Crippen molar-refractivity contribution in [3.63, 3.8) is 0 Å². The van der Waals surface area contributed by atoms with Gasteiger partial charge in [-0.15, -0.1) is 21.5 Å². The van der Waals surface area contributed by atoms with Crippen LogP contribution in [0.3, 0.4) is 0 Å². The SMILES string of the molecule is O=C(c1nnc(-c2cnc(Nc3ccc4ncsc4c3)cc2NC2CCOCC2)s1)N1CCCC1. The van der Waals surface area contributed by atoms with Crippen molar-refractivity contribution in [3.8, 4) is 10.6 Å². The Labute approximate surface area is 210 Å². The van der Waals surface area contributed by atoms with Gasteiger partial charge in [-0.25, -0.2) is 9.97 Å². The van der Waals surface area contributed by atoms with E-state index < -0.39 is 0 Å². The van der Waals surface area contributed by atoms with Crippen molar-refractivity contribution in [2.24, 2.45) is 0 Å². The van der Waals surface area contributed by atoms with Gasteiger partial charge in [-0.1, -0.05) is 11.3 Å². The van der Waals surface area contributed by atoms with E-state index in [4.69, 9.17) is 4.74 Å². The molecule has 6 rings (SSSR count). The monoisotopic (exact) mass is 507 g/mol. The molecule has 0 bridgehead atoms. The van der Waals surface area contributed by atoms with E-state index in [2.05, 4.69) is 36.9 Å². The summed E-state index contributed by atoms with van der Waals surface area (Å²) < 4.78 is 6.65. The Morgan fingerprint density at radius 3 is 2.80 bits per heavy atom. The zero-order valence-corrected chi connectivity index (χ0v) is 20.7. The molecule has 1 aromatic carbocycles. The van der Waals surface area contributed by atoms with Crippen molar-refractivity contribution < 1.29 is 9.53 Å². The summed E-state index contributed by atoms with van der Waals surface area (Å²) in [7, 11) is 0. The van der Waals surface area contributed by atoms with Crippen molar-refractivity contribution in [1.29, 1.82) is 0 Å². The number of rotatable bonds is 6. The van der Waals surface area contributed by atoms with Crippen molar-refractivity contribution in [3.05, 3.63) is 41.0 Å². The van der Waals surface area contributed by atoms with E-state index in [-0.39, 0.29) is 5.91 Å². The van der Waals surface area contributed by atoms with Gasteiger partial charge in [-0.2, -0.15) is 0 Å². The molecule has 0 aliphatic carbocycles. The van der Waals surface area contributed by atoms with Crippen molar-refractivity contribution in [2.75, 3.05) is 36.9 Å². The molecule has 0 radical (unpaired) electrons. The van der Waals surface area contributed by atoms with Crippen molar-refractivity contribution >= 4 is 56.0 Å². The van der Waals surface area contributed by atoms with Gasteiger partial charge in [0.1, 0.15) is 5.82 Å². The summed E-state index contributed by atoms with van der Waals surface area (Å²) in [5.41, 5.74) is 5.56. The zero-order chi connectivity index (χ0) is 23.6. The third kappa shape index (κ3) is 4.84. The van der Waals surface area contributed by atoms with Gasteiger partial charge in [0.05, 0.1) is 21.3 Å². The maximum atomic E-state index is 12.8. The average Bonchev–Trinajstić information content (AvgIpc) is 3.66. The molecule has 5 heterocycles. The fourth-order valence-corrected chi connectivity index (χ4v) is 5.98. The van der Waals surface area contributed by atoms with Gasteiger partial charge in [0.2, 0.25) is 5.01 Å². The highest BCUT2D eigenvalue weighted by Gasteiger charge is 2.24. The lowest BCUT2D eigenvalue weighted by atomic mass is 10.1. The van der Waals surface area contributed by atoms with E-state index in [0.29, 0.717) is 16.1 Å². The van der Waals surface area contributed by atoms with E-state index in [1.807, 2.05) is 28.6 Å². The van der Waals surface area contributed by atoms with Crippen LogP contribution in [0, 0.1) is 0 Å². The molecule has 2 aliphatic heterocycles. The normalized spacial score (nSPS) is 16.6. The number of likely N-dealkylation sites (tertiary alicyclic amines) is 1. The summed E-state index contributed by atoms with van der Waals surface area (Å²) in [6, 6.07) is 8.39. The molecule has 9 nitrogen and oxygen atoms in total. The number of nitrogens with zero attached hydrogens (tertiary/aromatic N) is 5. The number of pyridine rings is 1. The van der Waals surface area contributed by atoms with Crippen LogP contribution < -0.4 is 10.6 Å². The van der Waals surface area contributed by atoms with Crippen LogP contribution in [0.25, 0.3) is 20.8 Å². The standard InChI is InChI=1S/C24H25N7O2S2/c32-24(31-7-1-2-8-31)23-30-29-22(35-23)17-13-25-21(12-19(17)27-15-5-9-33-10-6-15)28-16-3-4-18-20(11-16)34-14-26-18/h3-4,11-15H,1-2,5-10H2,(H2,25,27,28). The molecule has 1 amide bonds. The molecular weight excluding hydrogens is 482 g/mol. The number of anilines is 3. The van der Waals surface area contributed by atoms with Crippen LogP contribution in [-0.4, -0.2) is 63.3 Å². The van der Waals surface area contributed by atoms with Crippen LogP contribution in [0.4, 0.5) is 17.2 Å². The van der Waals surface area contributed by atoms with Gasteiger partial charge >= 0.3 is 0 Å². The summed E-state index contributed by atoms with van der Waals surface area (Å²) in [6.07, 6.45) is 5.76. The number of thiazole rings is 1. The maximum Gasteiger partial charge on any atom is 0.284 e. The van der Waals surface area contributed by atoms with E-state index in [9.17, 15) is 4.79 Å². The summed E-state index contributed by atoms with van der Waals surface area (Å²) in [5, 5.41) is 16.8. The maximum absolute atomic E-state index is 12.8. The van der Waals surface area contributed by atoms with Gasteiger partial charge in [0, 0.05) is 56.0 Å². The van der Waals surface area contributed by atoms with Crippen LogP contribution in [-0.2, 0) is 4.74 Å². The Morgan fingerprint density at radius 2 is 1.94 bits per heavy atom. The first-order valence-electron chi connectivity index (χ1n) is 11.8. The molecule has 180 valence electrons. The number of hydrogen-bond donors (Lipinski definition) is 2. The van der Waals surface area contributed by atoms with Gasteiger partial charge in [-0.3, -0.25) is 4.79 Å². The average molecular weight is 508 g/mol. The number of benzene rings is 1. The summed E-state index contributed by atoms with van der Waals surface area (Å²) in [4.78, 5) is 23.7. The predicted molar refractivity (Wildman–Crippen MR) is 139 cm³/mol. The van der Waals surface area contributed by atoms with Crippen LogP contribution in [0.2, 0.25) is 0 Å². The number of carbonyl (C=O) groups excluding carboxylic acids is 1. The molecular formula is C24H25N7O2S2. The van der Waals surface area contributed by atoms with Gasteiger partial charge < -0.3 is 20.3 Å². The van der Waals surface area contributed by atoms with E-state index >= 15 is 0 Å². The minimum Gasteiger partial charge on any atom is -0.381 e.